The van der Waals surface area contributed by atoms with Gasteiger partial charge in [0.1, 0.15) is 11.4 Å². The van der Waals surface area contributed by atoms with E-state index in [9.17, 15) is 8.42 Å². The molecule has 1 aromatic carbocycles. The van der Waals surface area contributed by atoms with Gasteiger partial charge < -0.3 is 15.4 Å². The van der Waals surface area contributed by atoms with E-state index in [4.69, 9.17) is 4.74 Å². The number of hydrogen-bond acceptors (Lipinski definition) is 4. The number of para-hydroxylation sites is 1. The van der Waals surface area contributed by atoms with Crippen LogP contribution in [0.5, 0.6) is 5.75 Å². The van der Waals surface area contributed by atoms with Crippen LogP contribution in [0.1, 0.15) is 57.1 Å². The minimum absolute atomic E-state index is 0. The fourth-order valence-electron chi connectivity index (χ4n) is 4.09. The Hall–Kier alpha value is -1.07. The number of halogens is 1. The van der Waals surface area contributed by atoms with E-state index in [-0.39, 0.29) is 35.6 Å². The molecule has 1 aromatic rings. The summed E-state index contributed by atoms with van der Waals surface area (Å²) in [5.74, 6) is 1.73. The molecule has 0 saturated heterocycles. The Morgan fingerprint density at radius 3 is 2.69 bits per heavy atom. The molecular formula is C20H33IN4O3S. The summed E-state index contributed by atoms with van der Waals surface area (Å²) < 4.78 is 31.2. The van der Waals surface area contributed by atoms with E-state index in [0.717, 1.165) is 37.5 Å². The zero-order valence-corrected chi connectivity index (χ0v) is 20.4. The molecule has 0 aromatic heterocycles. The van der Waals surface area contributed by atoms with Crippen LogP contribution in [0.2, 0.25) is 0 Å². The Kier molecular flexibility index (Phi) is 9.02. The van der Waals surface area contributed by atoms with Crippen LogP contribution in [0.3, 0.4) is 0 Å². The van der Waals surface area contributed by atoms with Crippen LogP contribution in [0, 0.1) is 0 Å². The highest BCUT2D eigenvalue weighted by Crippen LogP contribution is 2.46. The van der Waals surface area contributed by atoms with E-state index in [1.165, 1.54) is 24.7 Å². The molecule has 1 aliphatic heterocycles. The monoisotopic (exact) mass is 536 g/mol. The van der Waals surface area contributed by atoms with Gasteiger partial charge in [-0.2, -0.15) is 0 Å². The lowest BCUT2D eigenvalue weighted by atomic mass is 9.86. The molecule has 0 bridgehead atoms. The average Bonchev–Trinajstić information content (AvgIpc) is 3.08. The smallest absolute Gasteiger partial charge is 0.208 e. The molecule has 1 spiro atoms. The van der Waals surface area contributed by atoms with Crippen molar-refractivity contribution in [1.82, 2.24) is 15.4 Å². The molecule has 164 valence electrons. The molecule has 9 heteroatoms. The molecule has 0 radical (unpaired) electrons. The summed E-state index contributed by atoms with van der Waals surface area (Å²) in [6, 6.07) is 8.40. The number of aliphatic imine (C=N–C) groups is 1. The fraction of sp³-hybridized carbons (Fsp3) is 0.650. The van der Waals surface area contributed by atoms with Gasteiger partial charge in [0.25, 0.3) is 0 Å². The van der Waals surface area contributed by atoms with Crippen molar-refractivity contribution in [2.75, 3.05) is 25.9 Å². The largest absolute Gasteiger partial charge is 0.487 e. The van der Waals surface area contributed by atoms with Crippen molar-refractivity contribution in [3.63, 3.8) is 0 Å². The molecule has 1 unspecified atom stereocenters. The highest BCUT2D eigenvalue weighted by atomic mass is 127. The third kappa shape index (κ3) is 6.99. The Balaban J connectivity index is 0.00000300. The van der Waals surface area contributed by atoms with Crippen molar-refractivity contribution in [1.29, 1.82) is 0 Å². The van der Waals surface area contributed by atoms with Crippen LogP contribution >= 0.6 is 24.0 Å². The van der Waals surface area contributed by atoms with Crippen LogP contribution in [-0.2, 0) is 10.0 Å². The Morgan fingerprint density at radius 2 is 2.00 bits per heavy atom. The van der Waals surface area contributed by atoms with Crippen molar-refractivity contribution < 1.29 is 13.2 Å². The van der Waals surface area contributed by atoms with Crippen molar-refractivity contribution in [2.45, 2.75) is 57.1 Å². The molecule has 2 aliphatic rings. The third-order valence-corrected chi connectivity index (χ3v) is 6.06. The SMILES string of the molecule is CCNC(=NCCCNS(C)(=O)=O)NC1CC2(CCCC2)Oc2ccccc21.I. The molecule has 1 heterocycles. The van der Waals surface area contributed by atoms with Crippen LogP contribution in [0.25, 0.3) is 0 Å². The first-order valence-corrected chi connectivity index (χ1v) is 12.1. The summed E-state index contributed by atoms with van der Waals surface area (Å²) in [5.41, 5.74) is 1.10. The minimum Gasteiger partial charge on any atom is -0.487 e. The van der Waals surface area contributed by atoms with Crippen molar-refractivity contribution in [3.05, 3.63) is 29.8 Å². The van der Waals surface area contributed by atoms with E-state index in [2.05, 4.69) is 32.5 Å². The van der Waals surface area contributed by atoms with Crippen molar-refractivity contribution >= 4 is 40.0 Å². The first-order valence-electron chi connectivity index (χ1n) is 10.2. The van der Waals surface area contributed by atoms with Gasteiger partial charge >= 0.3 is 0 Å². The molecule has 29 heavy (non-hydrogen) atoms. The Labute approximate surface area is 191 Å². The normalized spacial score (nSPS) is 20.5. The van der Waals surface area contributed by atoms with E-state index in [1.54, 1.807) is 0 Å². The number of guanidine groups is 1. The molecule has 3 N–H and O–H groups in total. The van der Waals surface area contributed by atoms with E-state index >= 15 is 0 Å². The summed E-state index contributed by atoms with van der Waals surface area (Å²) in [4.78, 5) is 4.63. The van der Waals surface area contributed by atoms with Gasteiger partial charge in [-0.3, -0.25) is 4.99 Å². The number of rotatable bonds is 7. The fourth-order valence-corrected chi connectivity index (χ4v) is 4.60. The summed E-state index contributed by atoms with van der Waals surface area (Å²) in [6.45, 7) is 3.75. The highest BCUT2D eigenvalue weighted by molar-refractivity contribution is 14.0. The predicted octanol–water partition coefficient (Wildman–Crippen LogP) is 2.94. The standard InChI is InChI=1S/C20H32N4O3S.HI/c1-3-21-19(22-13-8-14-23-28(2,25)26)24-17-15-20(11-6-7-12-20)27-18-10-5-4-9-16(17)18;/h4-5,9-10,17,23H,3,6-8,11-15H2,1-2H3,(H2,21,22,24);1H. The average molecular weight is 536 g/mol. The number of fused-ring (bicyclic) bond motifs is 1. The Bertz CT molecular complexity index is 795. The minimum atomic E-state index is -3.15. The number of benzene rings is 1. The maximum Gasteiger partial charge on any atom is 0.208 e. The quantitative estimate of drug-likeness (QED) is 0.216. The van der Waals surface area contributed by atoms with Crippen molar-refractivity contribution in [2.24, 2.45) is 4.99 Å². The number of sulfonamides is 1. The van der Waals surface area contributed by atoms with E-state index in [0.29, 0.717) is 19.5 Å². The number of nitrogens with one attached hydrogen (secondary N) is 3. The van der Waals surface area contributed by atoms with Gasteiger partial charge in [0, 0.05) is 31.6 Å². The van der Waals surface area contributed by atoms with Crippen molar-refractivity contribution in [3.8, 4) is 5.75 Å². The Morgan fingerprint density at radius 1 is 1.28 bits per heavy atom. The zero-order chi connectivity index (χ0) is 20.0. The first kappa shape index (κ1) is 24.2. The molecule has 1 aliphatic carbocycles. The van der Waals surface area contributed by atoms with Gasteiger partial charge in [0.15, 0.2) is 5.96 Å². The summed E-state index contributed by atoms with van der Waals surface area (Å²) >= 11 is 0. The maximum absolute atomic E-state index is 11.1. The maximum atomic E-state index is 11.1. The van der Waals surface area contributed by atoms with Crippen LogP contribution in [-0.4, -0.2) is 45.9 Å². The van der Waals surface area contributed by atoms with E-state index < -0.39 is 10.0 Å². The second kappa shape index (κ2) is 10.8. The van der Waals surface area contributed by atoms with Gasteiger partial charge in [-0.25, -0.2) is 13.1 Å². The lowest BCUT2D eigenvalue weighted by Crippen LogP contribution is -2.46. The molecule has 1 saturated carbocycles. The first-order chi connectivity index (χ1) is 13.4. The van der Waals surface area contributed by atoms with Gasteiger partial charge in [-0.05, 0) is 45.1 Å². The van der Waals surface area contributed by atoms with Crippen LogP contribution < -0.4 is 20.1 Å². The zero-order valence-electron chi connectivity index (χ0n) is 17.2. The van der Waals surface area contributed by atoms with Crippen LogP contribution in [0.4, 0.5) is 0 Å². The second-order valence-corrected chi connectivity index (χ2v) is 9.54. The summed E-state index contributed by atoms with van der Waals surface area (Å²) in [6.07, 6.45) is 7.40. The van der Waals surface area contributed by atoms with Gasteiger partial charge in [-0.1, -0.05) is 18.2 Å². The van der Waals surface area contributed by atoms with Gasteiger partial charge in [-0.15, -0.1) is 24.0 Å². The number of ether oxygens (including phenoxy) is 1. The van der Waals surface area contributed by atoms with E-state index in [1.807, 2.05) is 19.1 Å². The molecule has 0 amide bonds. The number of hydrogen-bond donors (Lipinski definition) is 3. The molecular weight excluding hydrogens is 503 g/mol. The summed E-state index contributed by atoms with van der Waals surface area (Å²) in [7, 11) is -3.15. The molecule has 1 atom stereocenters. The lowest BCUT2D eigenvalue weighted by Gasteiger charge is -2.40. The highest BCUT2D eigenvalue weighted by Gasteiger charge is 2.43. The predicted molar refractivity (Wildman–Crippen MR) is 128 cm³/mol. The molecule has 7 nitrogen and oxygen atoms in total. The topological polar surface area (TPSA) is 91.8 Å². The lowest BCUT2D eigenvalue weighted by molar-refractivity contribution is 0.0396. The summed E-state index contributed by atoms with van der Waals surface area (Å²) in [5, 5.41) is 6.90. The molecule has 1 fully saturated rings. The van der Waals surface area contributed by atoms with Gasteiger partial charge in [0.05, 0.1) is 12.3 Å². The second-order valence-electron chi connectivity index (χ2n) is 7.71. The molecule has 3 rings (SSSR count). The van der Waals surface area contributed by atoms with Gasteiger partial charge in [0.2, 0.25) is 10.0 Å². The number of nitrogens with zero attached hydrogens (tertiary/aromatic N) is 1. The third-order valence-electron chi connectivity index (χ3n) is 5.34. The van der Waals surface area contributed by atoms with Crippen LogP contribution in [0.15, 0.2) is 29.3 Å².